The zero-order valence-electron chi connectivity index (χ0n) is 12.6. The van der Waals surface area contributed by atoms with Crippen molar-refractivity contribution >= 4 is 11.6 Å². The average molecular weight is 276 g/mol. The van der Waals surface area contributed by atoms with Gasteiger partial charge in [0.05, 0.1) is 0 Å². The van der Waals surface area contributed by atoms with Crippen LogP contribution in [0.1, 0.15) is 42.6 Å². The minimum absolute atomic E-state index is 0.000508. The Balaban J connectivity index is 2.07. The Bertz CT molecular complexity index is 479. The van der Waals surface area contributed by atoms with Gasteiger partial charge in [-0.05, 0) is 57.4 Å². The number of carbonyl (C=O) groups is 1. The molecule has 110 valence electrons. The summed E-state index contributed by atoms with van der Waals surface area (Å²) >= 11 is 0. The lowest BCUT2D eigenvalue weighted by Crippen LogP contribution is -2.49. The molecule has 0 radical (unpaired) electrons. The summed E-state index contributed by atoms with van der Waals surface area (Å²) in [4.78, 5) is 12.4. The summed E-state index contributed by atoms with van der Waals surface area (Å²) in [6, 6.07) is 5.79. The van der Waals surface area contributed by atoms with E-state index in [1.807, 2.05) is 25.1 Å². The molecule has 2 rings (SSSR count). The molecule has 2 N–H and O–H groups in total. The summed E-state index contributed by atoms with van der Waals surface area (Å²) in [7, 11) is 0. The standard InChI is InChI=1S/C16H24N2O2/c1-4-17-14-6-5-13(11-12(14)2)15(19)18-16(3)7-9-20-10-8-16/h5-6,11,17H,4,7-10H2,1-3H3,(H,18,19). The molecule has 0 saturated carbocycles. The predicted octanol–water partition coefficient (Wildman–Crippen LogP) is 2.73. The van der Waals surface area contributed by atoms with Crippen LogP contribution in [0.25, 0.3) is 0 Å². The summed E-state index contributed by atoms with van der Waals surface area (Å²) in [6.07, 6.45) is 1.74. The van der Waals surface area contributed by atoms with Crippen LogP contribution in [0.3, 0.4) is 0 Å². The third-order valence-electron chi connectivity index (χ3n) is 3.87. The first-order chi connectivity index (χ1) is 9.54. The van der Waals surface area contributed by atoms with Crippen LogP contribution in [-0.2, 0) is 4.74 Å². The van der Waals surface area contributed by atoms with Crippen molar-refractivity contribution in [3.05, 3.63) is 29.3 Å². The lowest BCUT2D eigenvalue weighted by atomic mass is 9.92. The van der Waals surface area contributed by atoms with E-state index in [4.69, 9.17) is 4.74 Å². The molecule has 1 fully saturated rings. The molecular weight excluding hydrogens is 252 g/mol. The minimum atomic E-state index is -0.149. The largest absolute Gasteiger partial charge is 0.385 e. The van der Waals surface area contributed by atoms with Crippen LogP contribution in [0, 0.1) is 6.92 Å². The zero-order valence-corrected chi connectivity index (χ0v) is 12.6. The number of rotatable bonds is 4. The summed E-state index contributed by atoms with van der Waals surface area (Å²) in [5.74, 6) is 0.000508. The number of aryl methyl sites for hydroxylation is 1. The van der Waals surface area contributed by atoms with E-state index in [9.17, 15) is 4.79 Å². The van der Waals surface area contributed by atoms with Crippen LogP contribution < -0.4 is 10.6 Å². The van der Waals surface area contributed by atoms with Gasteiger partial charge in [0.1, 0.15) is 0 Å². The third kappa shape index (κ3) is 3.51. The molecule has 0 aliphatic carbocycles. The lowest BCUT2D eigenvalue weighted by Gasteiger charge is -2.34. The van der Waals surface area contributed by atoms with Gasteiger partial charge in [0.25, 0.3) is 5.91 Å². The molecule has 4 heteroatoms. The molecule has 1 aromatic carbocycles. The first-order valence-corrected chi connectivity index (χ1v) is 7.29. The van der Waals surface area contributed by atoms with E-state index in [1.165, 1.54) is 0 Å². The first-order valence-electron chi connectivity index (χ1n) is 7.29. The molecule has 0 aromatic heterocycles. The van der Waals surface area contributed by atoms with E-state index in [0.29, 0.717) is 0 Å². The number of hydrogen-bond donors (Lipinski definition) is 2. The molecule has 1 heterocycles. The molecule has 1 saturated heterocycles. The second-order valence-corrected chi connectivity index (χ2v) is 5.69. The summed E-state index contributed by atoms with van der Waals surface area (Å²) in [5.41, 5.74) is 2.75. The molecule has 4 nitrogen and oxygen atoms in total. The highest BCUT2D eigenvalue weighted by Gasteiger charge is 2.29. The molecule has 1 amide bonds. The van der Waals surface area contributed by atoms with Crippen molar-refractivity contribution in [2.45, 2.75) is 39.2 Å². The van der Waals surface area contributed by atoms with Gasteiger partial charge in [-0.1, -0.05) is 0 Å². The highest BCUT2D eigenvalue weighted by atomic mass is 16.5. The number of hydrogen-bond acceptors (Lipinski definition) is 3. The Morgan fingerprint density at radius 3 is 2.65 bits per heavy atom. The molecular formula is C16H24N2O2. The van der Waals surface area contributed by atoms with Crippen LogP contribution in [0.15, 0.2) is 18.2 Å². The van der Waals surface area contributed by atoms with Crippen molar-refractivity contribution < 1.29 is 9.53 Å². The van der Waals surface area contributed by atoms with Crippen molar-refractivity contribution in [3.8, 4) is 0 Å². The second kappa shape index (κ2) is 6.27. The fourth-order valence-corrected chi connectivity index (χ4v) is 2.49. The van der Waals surface area contributed by atoms with Crippen molar-refractivity contribution in [1.82, 2.24) is 5.32 Å². The maximum absolute atomic E-state index is 12.4. The molecule has 1 aliphatic heterocycles. The topological polar surface area (TPSA) is 50.4 Å². The Kier molecular flexibility index (Phi) is 4.65. The van der Waals surface area contributed by atoms with Gasteiger partial charge in [-0.2, -0.15) is 0 Å². The van der Waals surface area contributed by atoms with Crippen molar-refractivity contribution in [2.75, 3.05) is 25.1 Å². The van der Waals surface area contributed by atoms with Crippen molar-refractivity contribution in [3.63, 3.8) is 0 Å². The van der Waals surface area contributed by atoms with Crippen LogP contribution in [0.4, 0.5) is 5.69 Å². The Morgan fingerprint density at radius 1 is 1.35 bits per heavy atom. The maximum atomic E-state index is 12.4. The number of nitrogens with one attached hydrogen (secondary N) is 2. The fraction of sp³-hybridized carbons (Fsp3) is 0.562. The highest BCUT2D eigenvalue weighted by molar-refractivity contribution is 5.95. The van der Waals surface area contributed by atoms with Crippen LogP contribution >= 0.6 is 0 Å². The SMILES string of the molecule is CCNc1ccc(C(=O)NC2(C)CCOCC2)cc1C. The molecule has 1 aliphatic rings. The lowest BCUT2D eigenvalue weighted by molar-refractivity contribution is 0.0423. The van der Waals surface area contributed by atoms with E-state index in [0.717, 1.165) is 49.4 Å². The molecule has 0 atom stereocenters. The van der Waals surface area contributed by atoms with Gasteiger partial charge in [0.2, 0.25) is 0 Å². The van der Waals surface area contributed by atoms with Crippen LogP contribution in [0.2, 0.25) is 0 Å². The van der Waals surface area contributed by atoms with E-state index >= 15 is 0 Å². The maximum Gasteiger partial charge on any atom is 0.251 e. The number of benzene rings is 1. The fourth-order valence-electron chi connectivity index (χ4n) is 2.49. The quantitative estimate of drug-likeness (QED) is 0.889. The van der Waals surface area contributed by atoms with Gasteiger partial charge in [-0.25, -0.2) is 0 Å². The van der Waals surface area contributed by atoms with E-state index in [2.05, 4.69) is 24.5 Å². The monoisotopic (exact) mass is 276 g/mol. The predicted molar refractivity (Wildman–Crippen MR) is 81.3 cm³/mol. The first kappa shape index (κ1) is 14.9. The van der Waals surface area contributed by atoms with E-state index in [1.54, 1.807) is 0 Å². The normalized spacial score (nSPS) is 17.6. The van der Waals surface area contributed by atoms with E-state index < -0.39 is 0 Å². The van der Waals surface area contributed by atoms with Crippen molar-refractivity contribution in [1.29, 1.82) is 0 Å². The average Bonchev–Trinajstić information content (AvgIpc) is 2.41. The van der Waals surface area contributed by atoms with E-state index in [-0.39, 0.29) is 11.4 Å². The Morgan fingerprint density at radius 2 is 2.05 bits per heavy atom. The summed E-state index contributed by atoms with van der Waals surface area (Å²) in [6.45, 7) is 8.49. The number of amides is 1. The van der Waals surface area contributed by atoms with Gasteiger partial charge in [-0.15, -0.1) is 0 Å². The summed E-state index contributed by atoms with van der Waals surface area (Å²) < 4.78 is 5.35. The van der Waals surface area contributed by atoms with Gasteiger partial charge in [-0.3, -0.25) is 4.79 Å². The van der Waals surface area contributed by atoms with Gasteiger partial charge in [0, 0.05) is 36.5 Å². The van der Waals surface area contributed by atoms with Gasteiger partial charge >= 0.3 is 0 Å². The van der Waals surface area contributed by atoms with Gasteiger partial charge < -0.3 is 15.4 Å². The second-order valence-electron chi connectivity index (χ2n) is 5.69. The summed E-state index contributed by atoms with van der Waals surface area (Å²) in [5, 5.41) is 6.43. The number of carbonyl (C=O) groups excluding carboxylic acids is 1. The smallest absolute Gasteiger partial charge is 0.251 e. The Labute approximate surface area is 120 Å². The Hall–Kier alpha value is -1.55. The number of anilines is 1. The minimum Gasteiger partial charge on any atom is -0.385 e. The number of ether oxygens (including phenoxy) is 1. The molecule has 0 unspecified atom stereocenters. The van der Waals surface area contributed by atoms with Crippen LogP contribution in [0.5, 0.6) is 0 Å². The van der Waals surface area contributed by atoms with Gasteiger partial charge in [0.15, 0.2) is 0 Å². The highest BCUT2D eigenvalue weighted by Crippen LogP contribution is 2.21. The zero-order chi connectivity index (χ0) is 14.6. The van der Waals surface area contributed by atoms with Crippen molar-refractivity contribution in [2.24, 2.45) is 0 Å². The molecule has 0 spiro atoms. The molecule has 0 bridgehead atoms. The molecule has 20 heavy (non-hydrogen) atoms. The molecule has 1 aromatic rings. The third-order valence-corrected chi connectivity index (χ3v) is 3.87. The van der Waals surface area contributed by atoms with Crippen LogP contribution in [-0.4, -0.2) is 31.2 Å².